The molecule has 0 saturated heterocycles. The molecule has 1 aromatic heterocycles. The maximum Gasteiger partial charge on any atom is 0.336 e. The molecule has 1 aromatic rings. The molecule has 2 unspecified atom stereocenters. The molecule has 0 fully saturated rings. The van der Waals surface area contributed by atoms with Crippen LogP contribution >= 0.6 is 0 Å². The number of carbonyl (C=O) groups is 2. The Morgan fingerprint density at radius 1 is 1.55 bits per heavy atom. The molecule has 0 spiro atoms. The molecule has 1 amide bonds. The van der Waals surface area contributed by atoms with E-state index in [1.54, 1.807) is 31.5 Å². The molecule has 0 radical (unpaired) electrons. The van der Waals surface area contributed by atoms with E-state index in [9.17, 15) is 14.9 Å². The van der Waals surface area contributed by atoms with Crippen molar-refractivity contribution in [3.8, 4) is 6.07 Å². The molecule has 0 aliphatic carbocycles. The van der Waals surface area contributed by atoms with Gasteiger partial charge in [-0.1, -0.05) is 6.07 Å². The molecule has 6 nitrogen and oxygen atoms in total. The van der Waals surface area contributed by atoms with E-state index < -0.39 is 23.7 Å². The van der Waals surface area contributed by atoms with E-state index in [1.807, 2.05) is 6.07 Å². The van der Waals surface area contributed by atoms with Gasteiger partial charge in [0.25, 0.3) is 0 Å². The van der Waals surface area contributed by atoms with Crippen LogP contribution in [0.25, 0.3) is 0 Å². The summed E-state index contributed by atoms with van der Waals surface area (Å²) >= 11 is 0. The SMILES string of the molecule is COC(=O)C1=C(C)NC(=O)C(C#N)C1c1cccnc1. The van der Waals surface area contributed by atoms with E-state index in [2.05, 4.69) is 10.3 Å². The molecular weight excluding hydrogens is 258 g/mol. The number of nitrogens with zero attached hydrogens (tertiary/aromatic N) is 2. The van der Waals surface area contributed by atoms with E-state index in [-0.39, 0.29) is 5.57 Å². The van der Waals surface area contributed by atoms with Gasteiger partial charge in [-0.2, -0.15) is 5.26 Å². The van der Waals surface area contributed by atoms with E-state index >= 15 is 0 Å². The van der Waals surface area contributed by atoms with Crippen LogP contribution in [0.2, 0.25) is 0 Å². The fourth-order valence-electron chi connectivity index (χ4n) is 2.32. The van der Waals surface area contributed by atoms with Gasteiger partial charge in [0, 0.05) is 24.0 Å². The third-order valence-electron chi connectivity index (χ3n) is 3.23. The van der Waals surface area contributed by atoms with Gasteiger partial charge < -0.3 is 10.1 Å². The zero-order valence-electron chi connectivity index (χ0n) is 11.1. The fourth-order valence-corrected chi connectivity index (χ4v) is 2.32. The molecule has 0 bridgehead atoms. The molecule has 2 rings (SSSR count). The minimum Gasteiger partial charge on any atom is -0.466 e. The Kier molecular flexibility index (Phi) is 3.80. The Morgan fingerprint density at radius 3 is 2.85 bits per heavy atom. The van der Waals surface area contributed by atoms with Crippen LogP contribution in [0.3, 0.4) is 0 Å². The van der Waals surface area contributed by atoms with E-state index in [4.69, 9.17) is 4.74 Å². The van der Waals surface area contributed by atoms with Gasteiger partial charge in [-0.3, -0.25) is 9.78 Å². The molecule has 20 heavy (non-hydrogen) atoms. The summed E-state index contributed by atoms with van der Waals surface area (Å²) in [6, 6.07) is 5.38. The minimum absolute atomic E-state index is 0.284. The van der Waals surface area contributed by atoms with Gasteiger partial charge in [-0.25, -0.2) is 4.79 Å². The van der Waals surface area contributed by atoms with E-state index in [0.29, 0.717) is 11.3 Å². The van der Waals surface area contributed by atoms with E-state index in [0.717, 1.165) is 0 Å². The maximum absolute atomic E-state index is 12.0. The zero-order valence-corrected chi connectivity index (χ0v) is 11.1. The highest BCUT2D eigenvalue weighted by atomic mass is 16.5. The molecule has 102 valence electrons. The monoisotopic (exact) mass is 271 g/mol. The average molecular weight is 271 g/mol. The second-order valence-corrected chi connectivity index (χ2v) is 4.39. The first-order chi connectivity index (χ1) is 9.60. The largest absolute Gasteiger partial charge is 0.466 e. The van der Waals surface area contributed by atoms with Gasteiger partial charge in [0.05, 0.1) is 18.8 Å². The summed E-state index contributed by atoms with van der Waals surface area (Å²) in [5, 5.41) is 11.8. The van der Waals surface area contributed by atoms with Gasteiger partial charge in [-0.05, 0) is 18.6 Å². The van der Waals surface area contributed by atoms with Crippen LogP contribution < -0.4 is 5.32 Å². The molecule has 1 N–H and O–H groups in total. The van der Waals surface area contributed by atoms with Crippen molar-refractivity contribution in [2.24, 2.45) is 5.92 Å². The van der Waals surface area contributed by atoms with Crippen LogP contribution in [0.1, 0.15) is 18.4 Å². The van der Waals surface area contributed by atoms with E-state index in [1.165, 1.54) is 7.11 Å². The van der Waals surface area contributed by atoms with Gasteiger partial charge in [0.15, 0.2) is 0 Å². The summed E-state index contributed by atoms with van der Waals surface area (Å²) in [6.07, 6.45) is 3.13. The highest BCUT2D eigenvalue weighted by molar-refractivity contribution is 5.97. The summed E-state index contributed by atoms with van der Waals surface area (Å²) in [5.74, 6) is -2.64. The number of nitriles is 1. The first-order valence-corrected chi connectivity index (χ1v) is 5.99. The number of allylic oxidation sites excluding steroid dienone is 1. The van der Waals surface area contributed by atoms with Crippen molar-refractivity contribution in [1.29, 1.82) is 5.26 Å². The van der Waals surface area contributed by atoms with Crippen molar-refractivity contribution in [2.75, 3.05) is 7.11 Å². The number of nitrogens with one attached hydrogen (secondary N) is 1. The summed E-state index contributed by atoms with van der Waals surface area (Å²) < 4.78 is 4.76. The summed E-state index contributed by atoms with van der Waals surface area (Å²) in [6.45, 7) is 1.61. The number of pyridine rings is 1. The summed E-state index contributed by atoms with van der Waals surface area (Å²) in [4.78, 5) is 27.9. The lowest BCUT2D eigenvalue weighted by atomic mass is 9.78. The number of esters is 1. The predicted octanol–water partition coefficient (Wildman–Crippen LogP) is 0.882. The Hall–Kier alpha value is -2.68. The van der Waals surface area contributed by atoms with Crippen LogP contribution in [-0.2, 0) is 14.3 Å². The molecular formula is C14H13N3O3. The Balaban J connectivity index is 2.61. The normalized spacial score (nSPS) is 21.9. The van der Waals surface area contributed by atoms with Crippen molar-refractivity contribution in [3.63, 3.8) is 0 Å². The molecule has 1 aliphatic heterocycles. The quantitative estimate of drug-likeness (QED) is 0.806. The minimum atomic E-state index is -0.989. The first-order valence-electron chi connectivity index (χ1n) is 5.99. The van der Waals surface area contributed by atoms with Crippen molar-refractivity contribution < 1.29 is 14.3 Å². The second kappa shape index (κ2) is 5.53. The molecule has 2 atom stereocenters. The number of methoxy groups -OCH3 is 1. The average Bonchev–Trinajstić information content (AvgIpc) is 2.46. The number of hydrogen-bond acceptors (Lipinski definition) is 5. The zero-order chi connectivity index (χ0) is 14.7. The van der Waals surface area contributed by atoms with Crippen LogP contribution in [0.4, 0.5) is 0 Å². The topological polar surface area (TPSA) is 92.1 Å². The number of ether oxygens (including phenoxy) is 1. The lowest BCUT2D eigenvalue weighted by Gasteiger charge is -2.29. The van der Waals surface area contributed by atoms with Crippen molar-refractivity contribution >= 4 is 11.9 Å². The molecule has 6 heteroatoms. The summed E-state index contributed by atoms with van der Waals surface area (Å²) in [5.41, 5.74) is 1.32. The van der Waals surface area contributed by atoms with Crippen molar-refractivity contribution in [3.05, 3.63) is 41.4 Å². The number of rotatable bonds is 2. The third kappa shape index (κ3) is 2.26. The lowest BCUT2D eigenvalue weighted by Crippen LogP contribution is -2.41. The van der Waals surface area contributed by atoms with Gasteiger partial charge >= 0.3 is 5.97 Å². The number of hydrogen-bond donors (Lipinski definition) is 1. The van der Waals surface area contributed by atoms with Crippen LogP contribution in [0, 0.1) is 17.2 Å². The molecule has 2 heterocycles. The smallest absolute Gasteiger partial charge is 0.336 e. The lowest BCUT2D eigenvalue weighted by molar-refractivity contribution is -0.137. The maximum atomic E-state index is 12.0. The highest BCUT2D eigenvalue weighted by Crippen LogP contribution is 2.36. The first kappa shape index (κ1) is 13.7. The van der Waals surface area contributed by atoms with Crippen LogP contribution in [-0.4, -0.2) is 24.0 Å². The van der Waals surface area contributed by atoms with Crippen LogP contribution in [0.5, 0.6) is 0 Å². The summed E-state index contributed by atoms with van der Waals surface area (Å²) in [7, 11) is 1.26. The fraction of sp³-hybridized carbons (Fsp3) is 0.286. The number of aromatic nitrogens is 1. The van der Waals surface area contributed by atoms with Gasteiger partial charge in [-0.15, -0.1) is 0 Å². The number of amides is 1. The van der Waals surface area contributed by atoms with Crippen LogP contribution in [0.15, 0.2) is 35.8 Å². The van der Waals surface area contributed by atoms with Gasteiger partial charge in [0.2, 0.25) is 5.91 Å². The van der Waals surface area contributed by atoms with Crippen molar-refractivity contribution in [2.45, 2.75) is 12.8 Å². The third-order valence-corrected chi connectivity index (χ3v) is 3.23. The Morgan fingerprint density at radius 2 is 2.30 bits per heavy atom. The highest BCUT2D eigenvalue weighted by Gasteiger charge is 2.41. The Labute approximate surface area is 116 Å². The molecule has 0 saturated carbocycles. The second-order valence-electron chi connectivity index (χ2n) is 4.39. The number of carbonyl (C=O) groups excluding carboxylic acids is 2. The Bertz CT molecular complexity index is 616. The van der Waals surface area contributed by atoms with Crippen molar-refractivity contribution in [1.82, 2.24) is 10.3 Å². The predicted molar refractivity (Wildman–Crippen MR) is 68.9 cm³/mol. The van der Waals surface area contributed by atoms with Gasteiger partial charge in [0.1, 0.15) is 5.92 Å². The molecule has 0 aromatic carbocycles. The molecule has 1 aliphatic rings. The standard InChI is InChI=1S/C14H13N3O3/c1-8-11(14(19)20-2)12(9-4-3-5-16-7-9)10(6-15)13(18)17-8/h3-5,7,10,12H,1-2H3,(H,17,18).